The van der Waals surface area contributed by atoms with Crippen molar-refractivity contribution in [3.8, 4) is 11.5 Å². The van der Waals surface area contributed by atoms with Gasteiger partial charge in [-0.05, 0) is 56.5 Å². The molecule has 3 rings (SSSR count). The van der Waals surface area contributed by atoms with E-state index < -0.39 is 23.3 Å². The molecule has 0 aliphatic carbocycles. The Labute approximate surface area is 163 Å². The summed E-state index contributed by atoms with van der Waals surface area (Å²) in [6.07, 6.45) is 0.922. The first-order valence-electron chi connectivity index (χ1n) is 9.30. The van der Waals surface area contributed by atoms with Crippen LogP contribution in [-0.2, 0) is 24.2 Å². The molecule has 0 saturated heterocycles. The molecule has 150 valence electrons. The van der Waals surface area contributed by atoms with Gasteiger partial charge in [-0.2, -0.15) is 0 Å². The van der Waals surface area contributed by atoms with Crippen LogP contribution in [0.25, 0.3) is 0 Å². The van der Waals surface area contributed by atoms with E-state index in [0.29, 0.717) is 35.3 Å². The fraction of sp³-hybridized carbons (Fsp3) is 0.409. The van der Waals surface area contributed by atoms with E-state index in [4.69, 9.17) is 9.47 Å². The lowest BCUT2D eigenvalue weighted by atomic mass is 9.93. The van der Waals surface area contributed by atoms with E-state index >= 15 is 0 Å². The molecule has 28 heavy (non-hydrogen) atoms. The fourth-order valence-electron chi connectivity index (χ4n) is 3.63. The number of carboxylic acid groups (broad SMARTS) is 1. The Balaban J connectivity index is 1.88. The number of benzene rings is 2. The van der Waals surface area contributed by atoms with Gasteiger partial charge in [0.1, 0.15) is 23.8 Å². The summed E-state index contributed by atoms with van der Waals surface area (Å²) in [6.45, 7) is 7.07. The van der Waals surface area contributed by atoms with Crippen LogP contribution in [0.2, 0.25) is 0 Å². The summed E-state index contributed by atoms with van der Waals surface area (Å²) in [5.41, 5.74) is 1.59. The van der Waals surface area contributed by atoms with Crippen molar-refractivity contribution in [1.29, 1.82) is 0 Å². The van der Waals surface area contributed by atoms with Crippen LogP contribution in [0.4, 0.5) is 8.78 Å². The summed E-state index contributed by atoms with van der Waals surface area (Å²) in [5.74, 6) is -2.22. The van der Waals surface area contributed by atoms with Gasteiger partial charge in [-0.15, -0.1) is 0 Å². The Morgan fingerprint density at radius 2 is 2.04 bits per heavy atom. The summed E-state index contributed by atoms with van der Waals surface area (Å²) in [6, 6.07) is 5.78. The zero-order valence-electron chi connectivity index (χ0n) is 16.4. The average Bonchev–Trinajstić information content (AvgIpc) is 2.93. The van der Waals surface area contributed by atoms with E-state index in [2.05, 4.69) is 0 Å². The van der Waals surface area contributed by atoms with Crippen molar-refractivity contribution < 1.29 is 28.2 Å². The van der Waals surface area contributed by atoms with Crippen molar-refractivity contribution in [3.05, 3.63) is 58.2 Å². The minimum absolute atomic E-state index is 0.00783. The first kappa shape index (κ1) is 20.1. The quantitative estimate of drug-likeness (QED) is 0.754. The largest absolute Gasteiger partial charge is 0.487 e. The van der Waals surface area contributed by atoms with Gasteiger partial charge < -0.3 is 14.6 Å². The average molecular weight is 390 g/mol. The van der Waals surface area contributed by atoms with E-state index in [0.717, 1.165) is 5.56 Å². The number of ether oxygens (including phenoxy) is 2. The van der Waals surface area contributed by atoms with Crippen molar-refractivity contribution in [2.75, 3.05) is 0 Å². The number of halogens is 2. The summed E-state index contributed by atoms with van der Waals surface area (Å²) in [4.78, 5) is 11.3. The first-order chi connectivity index (χ1) is 13.1. The Morgan fingerprint density at radius 3 is 2.68 bits per heavy atom. The molecule has 1 unspecified atom stereocenters. The molecule has 0 bridgehead atoms. The van der Waals surface area contributed by atoms with Gasteiger partial charge in [0.25, 0.3) is 0 Å². The van der Waals surface area contributed by atoms with E-state index in [1.54, 1.807) is 13.0 Å². The lowest BCUT2D eigenvalue weighted by Gasteiger charge is -2.19. The summed E-state index contributed by atoms with van der Waals surface area (Å²) in [7, 11) is 0. The minimum Gasteiger partial charge on any atom is -0.487 e. The molecule has 1 aliphatic rings. The van der Waals surface area contributed by atoms with Crippen molar-refractivity contribution in [3.63, 3.8) is 0 Å². The lowest BCUT2D eigenvalue weighted by molar-refractivity contribution is -0.138. The van der Waals surface area contributed by atoms with Crippen LogP contribution < -0.4 is 9.47 Å². The van der Waals surface area contributed by atoms with Gasteiger partial charge in [0.05, 0.1) is 5.92 Å². The molecule has 0 saturated carbocycles. The van der Waals surface area contributed by atoms with E-state index in [1.807, 2.05) is 13.8 Å². The monoisotopic (exact) mass is 390 g/mol. The van der Waals surface area contributed by atoms with Gasteiger partial charge >= 0.3 is 5.97 Å². The highest BCUT2D eigenvalue weighted by Gasteiger charge is 2.32. The number of carboxylic acids is 1. The maximum Gasteiger partial charge on any atom is 0.310 e. The molecule has 2 aromatic carbocycles. The SMILES string of the molecule is CCc1c(C(C)C(=O)O)ccc(OCc2cc(F)cc3c2OC(C)(C)C3)c1F. The number of carbonyl (C=O) groups is 1. The maximum absolute atomic E-state index is 14.9. The van der Waals surface area contributed by atoms with Gasteiger partial charge in [-0.1, -0.05) is 13.0 Å². The van der Waals surface area contributed by atoms with Crippen LogP contribution in [0, 0.1) is 11.6 Å². The Hall–Kier alpha value is -2.63. The zero-order valence-corrected chi connectivity index (χ0v) is 16.4. The smallest absolute Gasteiger partial charge is 0.310 e. The van der Waals surface area contributed by atoms with Crippen LogP contribution >= 0.6 is 0 Å². The predicted molar refractivity (Wildman–Crippen MR) is 101 cm³/mol. The van der Waals surface area contributed by atoms with Crippen molar-refractivity contribution in [1.82, 2.24) is 0 Å². The van der Waals surface area contributed by atoms with Crippen LogP contribution in [-0.4, -0.2) is 16.7 Å². The van der Waals surface area contributed by atoms with E-state index in [9.17, 15) is 18.7 Å². The highest BCUT2D eigenvalue weighted by molar-refractivity contribution is 5.76. The molecular formula is C22H24F2O4. The number of hydrogen-bond acceptors (Lipinski definition) is 3. The van der Waals surface area contributed by atoms with Crippen LogP contribution in [0.15, 0.2) is 24.3 Å². The third-order valence-electron chi connectivity index (χ3n) is 5.02. The molecular weight excluding hydrogens is 366 g/mol. The van der Waals surface area contributed by atoms with E-state index in [1.165, 1.54) is 25.1 Å². The molecule has 0 fully saturated rings. The van der Waals surface area contributed by atoms with Crippen molar-refractivity contribution >= 4 is 5.97 Å². The van der Waals surface area contributed by atoms with Crippen molar-refractivity contribution in [2.45, 2.75) is 58.7 Å². The molecule has 0 spiro atoms. The Morgan fingerprint density at radius 1 is 1.32 bits per heavy atom. The number of aliphatic carboxylic acids is 1. The summed E-state index contributed by atoms with van der Waals surface area (Å²) >= 11 is 0. The van der Waals surface area contributed by atoms with Gasteiger partial charge in [-0.25, -0.2) is 8.78 Å². The predicted octanol–water partition coefficient (Wildman–Crippen LogP) is 5.01. The third kappa shape index (κ3) is 3.81. The standard InChI is InChI=1S/C22H24F2O4/c1-5-16-17(12(2)21(25)26)6-7-18(19(16)24)27-11-14-9-15(23)8-13-10-22(3,4)28-20(13)14/h6-9,12H,5,10-11H2,1-4H3,(H,25,26). The second kappa shape index (κ2) is 7.41. The highest BCUT2D eigenvalue weighted by atomic mass is 19.1. The normalized spacial score (nSPS) is 15.6. The molecule has 1 N–H and O–H groups in total. The Bertz CT molecular complexity index is 921. The van der Waals surface area contributed by atoms with E-state index in [-0.39, 0.29) is 18.2 Å². The maximum atomic E-state index is 14.9. The van der Waals surface area contributed by atoms with Crippen molar-refractivity contribution in [2.24, 2.45) is 0 Å². The molecule has 6 heteroatoms. The zero-order chi connectivity index (χ0) is 20.6. The molecule has 0 amide bonds. The third-order valence-corrected chi connectivity index (χ3v) is 5.02. The Kier molecular flexibility index (Phi) is 5.33. The van der Waals surface area contributed by atoms with Crippen LogP contribution in [0.3, 0.4) is 0 Å². The molecule has 4 nitrogen and oxygen atoms in total. The summed E-state index contributed by atoms with van der Waals surface area (Å²) < 4.78 is 40.4. The van der Waals surface area contributed by atoms with Crippen LogP contribution in [0.1, 0.15) is 55.9 Å². The molecule has 1 aliphatic heterocycles. The molecule has 0 aromatic heterocycles. The van der Waals surface area contributed by atoms with Gasteiger partial charge in [0.15, 0.2) is 11.6 Å². The first-order valence-corrected chi connectivity index (χ1v) is 9.30. The number of rotatable bonds is 6. The molecule has 2 aromatic rings. The number of fused-ring (bicyclic) bond motifs is 1. The fourth-order valence-corrected chi connectivity index (χ4v) is 3.63. The number of hydrogen-bond donors (Lipinski definition) is 1. The second-order valence-electron chi connectivity index (χ2n) is 7.74. The molecule has 1 atom stereocenters. The minimum atomic E-state index is -1.02. The van der Waals surface area contributed by atoms with Gasteiger partial charge in [0, 0.05) is 17.5 Å². The molecule has 0 radical (unpaired) electrons. The lowest BCUT2D eigenvalue weighted by Crippen LogP contribution is -2.25. The second-order valence-corrected chi connectivity index (χ2v) is 7.74. The summed E-state index contributed by atoms with van der Waals surface area (Å²) in [5, 5.41) is 9.22. The highest BCUT2D eigenvalue weighted by Crippen LogP contribution is 2.39. The topological polar surface area (TPSA) is 55.8 Å². The molecule has 1 heterocycles. The van der Waals surface area contributed by atoms with Crippen LogP contribution in [0.5, 0.6) is 11.5 Å². The van der Waals surface area contributed by atoms with Gasteiger partial charge in [-0.3, -0.25) is 4.79 Å². The van der Waals surface area contributed by atoms with Gasteiger partial charge in [0.2, 0.25) is 0 Å².